The maximum absolute atomic E-state index is 5.82. The Morgan fingerprint density at radius 3 is 1.04 bits per heavy atom. The van der Waals surface area contributed by atoms with E-state index in [-0.39, 0.29) is 31.6 Å². The number of halogens is 1. The topological polar surface area (TPSA) is 6.48 Å². The second-order valence-corrected chi connectivity index (χ2v) is 18.7. The van der Waals surface area contributed by atoms with E-state index in [1.165, 1.54) is 38.8 Å². The number of rotatable bonds is 13. The molecule has 0 saturated carbocycles. The first-order chi connectivity index (χ1) is 26.6. The molecule has 55 heavy (non-hydrogen) atoms. The second kappa shape index (κ2) is 20.6. The summed E-state index contributed by atoms with van der Waals surface area (Å²) < 4.78 is 5.56. The first-order valence-electron chi connectivity index (χ1n) is 19.1. The third-order valence-electron chi connectivity index (χ3n) is 10.4. The summed E-state index contributed by atoms with van der Waals surface area (Å²) in [5.41, 5.74) is 2.69. The molecule has 0 aromatic heterocycles. The standard InChI is InChI=1S/C42H42N2P2.C7H7Cl.Rh/c1-35(37-21-9-3-10-22-37)43(45(39-25-13-5-14-26-39)40-27-15-6-16-28-40)33-34-44(36(2)38-23-11-4-12-24-38)46(41-29-17-7-18-30-41)42-31-19-8-20-32-42;8-7-4-5-1-2-6(7)3-5;/h3-32,35-36H,33-34H2,1-2H3;1-2,4-6H,3H2;/t35-,36-;;/m1../s1. The molecule has 0 fully saturated rings. The summed E-state index contributed by atoms with van der Waals surface area (Å²) >= 11 is 5.82. The second-order valence-electron chi connectivity index (χ2n) is 13.9. The fourth-order valence-corrected chi connectivity index (χ4v) is 13.0. The van der Waals surface area contributed by atoms with E-state index in [2.05, 4.69) is 223 Å². The van der Waals surface area contributed by atoms with Gasteiger partial charge >= 0.3 is 0 Å². The SMILES string of the molecule is C[C@H](c1ccccc1)N(CCN([C@H](C)c1ccccc1)P(c1ccccc1)c1ccccc1)P(c1ccccc1)c1ccccc1.ClC1=CC2C=CC1C2.[Rh]. The van der Waals surface area contributed by atoms with E-state index in [0.717, 1.165) is 18.1 Å². The van der Waals surface area contributed by atoms with Crippen LogP contribution in [-0.2, 0) is 19.5 Å². The molecular weight excluding hydrogens is 817 g/mol. The number of hydrogen-bond donors (Lipinski definition) is 0. The molecule has 281 valence electrons. The van der Waals surface area contributed by atoms with Crippen molar-refractivity contribution in [3.63, 3.8) is 0 Å². The van der Waals surface area contributed by atoms with E-state index in [0.29, 0.717) is 11.8 Å². The Hall–Kier alpha value is -3.51. The smallest absolute Gasteiger partial charge is 0.0362 e. The summed E-state index contributed by atoms with van der Waals surface area (Å²) in [6.45, 7) is 6.61. The Morgan fingerprint density at radius 1 is 0.491 bits per heavy atom. The summed E-state index contributed by atoms with van der Waals surface area (Å²) in [5.74, 6) is 1.26. The summed E-state index contributed by atoms with van der Waals surface area (Å²) in [7, 11) is -1.59. The van der Waals surface area contributed by atoms with Gasteiger partial charge < -0.3 is 0 Å². The number of nitrogens with zero attached hydrogens (tertiary/aromatic N) is 2. The van der Waals surface area contributed by atoms with E-state index >= 15 is 0 Å². The van der Waals surface area contributed by atoms with Gasteiger partial charge in [0.1, 0.15) is 0 Å². The molecule has 0 N–H and O–H groups in total. The molecule has 0 amide bonds. The average molecular weight is 866 g/mol. The predicted molar refractivity (Wildman–Crippen MR) is 236 cm³/mol. The molecule has 6 aromatic carbocycles. The van der Waals surface area contributed by atoms with Gasteiger partial charge in [-0.1, -0.05) is 212 Å². The van der Waals surface area contributed by atoms with Gasteiger partial charge in [0.25, 0.3) is 0 Å². The molecule has 8 rings (SSSR count). The van der Waals surface area contributed by atoms with Gasteiger partial charge in [-0.15, -0.1) is 0 Å². The van der Waals surface area contributed by atoms with E-state index in [1.807, 2.05) is 0 Å². The van der Waals surface area contributed by atoms with Gasteiger partial charge in [-0.05, 0) is 58.5 Å². The fourth-order valence-electron chi connectivity index (χ4n) is 7.50. The monoisotopic (exact) mass is 865 g/mol. The van der Waals surface area contributed by atoms with E-state index in [9.17, 15) is 0 Å². The Bertz CT molecular complexity index is 1860. The van der Waals surface area contributed by atoms with Crippen LogP contribution in [0.5, 0.6) is 0 Å². The van der Waals surface area contributed by atoms with Crippen LogP contribution in [0.4, 0.5) is 0 Å². The van der Waals surface area contributed by atoms with E-state index < -0.39 is 16.1 Å². The average Bonchev–Trinajstić information content (AvgIpc) is 3.86. The first-order valence-corrected chi connectivity index (χ1v) is 22.0. The first kappa shape index (κ1) is 41.1. The zero-order valence-corrected chi connectivity index (χ0v) is 35.7. The molecular formula is C49H49ClN2P2Rh. The number of hydrogen-bond acceptors (Lipinski definition) is 2. The van der Waals surface area contributed by atoms with Crippen molar-refractivity contribution in [1.29, 1.82) is 0 Å². The van der Waals surface area contributed by atoms with Crippen LogP contribution in [-0.4, -0.2) is 22.4 Å². The van der Waals surface area contributed by atoms with Gasteiger partial charge in [0.2, 0.25) is 0 Å². The van der Waals surface area contributed by atoms with Crippen LogP contribution < -0.4 is 21.2 Å². The maximum atomic E-state index is 5.82. The van der Waals surface area contributed by atoms with Crippen molar-refractivity contribution in [2.24, 2.45) is 11.8 Å². The molecule has 0 heterocycles. The van der Waals surface area contributed by atoms with Gasteiger partial charge in [0.15, 0.2) is 0 Å². The third kappa shape index (κ3) is 10.5. The molecule has 6 heteroatoms. The Kier molecular flexibility index (Phi) is 15.4. The minimum Gasteiger partial charge on any atom is -0.266 e. The van der Waals surface area contributed by atoms with Crippen LogP contribution in [0.2, 0.25) is 0 Å². The third-order valence-corrected chi connectivity index (χ3v) is 16.1. The molecule has 0 saturated heterocycles. The quantitative estimate of drug-likeness (QED) is 0.0648. The molecule has 0 aliphatic heterocycles. The molecule has 2 unspecified atom stereocenters. The van der Waals surface area contributed by atoms with Gasteiger partial charge in [0.05, 0.1) is 0 Å². The Morgan fingerprint density at radius 2 is 0.800 bits per heavy atom. The van der Waals surface area contributed by atoms with Crippen molar-refractivity contribution in [3.8, 4) is 0 Å². The molecule has 1 radical (unpaired) electrons. The van der Waals surface area contributed by atoms with Gasteiger partial charge in [-0.25, -0.2) is 0 Å². The molecule has 2 aliphatic rings. The molecule has 4 atom stereocenters. The molecule has 2 bridgehead atoms. The van der Waals surface area contributed by atoms with Crippen LogP contribution in [0.25, 0.3) is 0 Å². The Balaban J connectivity index is 0.000000502. The predicted octanol–water partition coefficient (Wildman–Crippen LogP) is 11.5. The van der Waals surface area contributed by atoms with Crippen LogP contribution in [0.15, 0.2) is 205 Å². The molecule has 2 nitrogen and oxygen atoms in total. The molecule has 0 spiro atoms. The zero-order valence-electron chi connectivity index (χ0n) is 31.5. The minimum atomic E-state index is -0.795. The van der Waals surface area contributed by atoms with Crippen LogP contribution in [0, 0.1) is 11.8 Å². The number of fused-ring (bicyclic) bond motifs is 2. The number of allylic oxidation sites excluding steroid dienone is 4. The van der Waals surface area contributed by atoms with Crippen LogP contribution in [0.1, 0.15) is 43.5 Å². The minimum absolute atomic E-state index is 0. The van der Waals surface area contributed by atoms with E-state index in [4.69, 9.17) is 11.6 Å². The van der Waals surface area contributed by atoms with Gasteiger partial charge in [0, 0.05) is 71.7 Å². The summed E-state index contributed by atoms with van der Waals surface area (Å²) in [4.78, 5) is 0. The van der Waals surface area contributed by atoms with Gasteiger partial charge in [-0.2, -0.15) is 0 Å². The fraction of sp³-hybridized carbons (Fsp3) is 0.184. The zero-order chi connectivity index (χ0) is 37.1. The van der Waals surface area contributed by atoms with Crippen molar-refractivity contribution in [2.75, 3.05) is 13.1 Å². The van der Waals surface area contributed by atoms with Crippen molar-refractivity contribution in [1.82, 2.24) is 9.34 Å². The van der Waals surface area contributed by atoms with Crippen molar-refractivity contribution in [3.05, 3.63) is 216 Å². The maximum Gasteiger partial charge on any atom is 0.0362 e. The number of benzene rings is 6. The Labute approximate surface area is 349 Å². The van der Waals surface area contributed by atoms with Crippen molar-refractivity contribution >= 4 is 49.0 Å². The summed E-state index contributed by atoms with van der Waals surface area (Å²) in [6.07, 6.45) is 7.81. The van der Waals surface area contributed by atoms with Crippen molar-refractivity contribution in [2.45, 2.75) is 32.4 Å². The normalized spacial score (nSPS) is 16.7. The molecule has 6 aromatic rings. The van der Waals surface area contributed by atoms with Crippen LogP contribution in [0.3, 0.4) is 0 Å². The van der Waals surface area contributed by atoms with E-state index in [1.54, 1.807) is 0 Å². The largest absolute Gasteiger partial charge is 0.266 e. The molecule has 2 aliphatic carbocycles. The van der Waals surface area contributed by atoms with Crippen LogP contribution >= 0.6 is 27.7 Å². The van der Waals surface area contributed by atoms with Crippen molar-refractivity contribution < 1.29 is 19.5 Å². The van der Waals surface area contributed by atoms with Gasteiger partial charge in [-0.3, -0.25) is 9.34 Å². The summed E-state index contributed by atoms with van der Waals surface area (Å²) in [6, 6.07) is 67.0. The summed E-state index contributed by atoms with van der Waals surface area (Å²) in [5, 5.41) is 6.56.